The topological polar surface area (TPSA) is 87.1 Å². The van der Waals surface area contributed by atoms with Crippen molar-refractivity contribution in [3.63, 3.8) is 0 Å². The first-order chi connectivity index (χ1) is 10.2. The van der Waals surface area contributed by atoms with E-state index in [-0.39, 0.29) is 12.6 Å². The molecule has 0 atom stereocenters. The molecule has 0 amide bonds. The lowest BCUT2D eigenvalue weighted by atomic mass is 10.3. The minimum absolute atomic E-state index is 0.0333. The number of carbonyl (C=O) groups excluding carboxylic acids is 1. The lowest BCUT2D eigenvalue weighted by Gasteiger charge is -2.06. The zero-order valence-electron chi connectivity index (χ0n) is 11.6. The lowest BCUT2D eigenvalue weighted by Crippen LogP contribution is -2.03. The Labute approximate surface area is 122 Å². The Hall–Kier alpha value is -2.94. The van der Waals surface area contributed by atoms with Gasteiger partial charge in [-0.3, -0.25) is 0 Å². The van der Waals surface area contributed by atoms with E-state index in [1.165, 1.54) is 7.11 Å². The maximum absolute atomic E-state index is 11.3. The van der Waals surface area contributed by atoms with Gasteiger partial charge in [0, 0.05) is 11.4 Å². The minimum atomic E-state index is -0.389. The minimum Gasteiger partial charge on any atom is -0.479 e. The molecule has 0 radical (unpaired) electrons. The summed E-state index contributed by atoms with van der Waals surface area (Å²) in [6.45, 7) is 0.584. The molecule has 0 saturated heterocycles. The molecule has 0 fully saturated rings. The maximum atomic E-state index is 11.3. The molecule has 0 saturated carbocycles. The summed E-state index contributed by atoms with van der Waals surface area (Å²) in [4.78, 5) is 14.3. The van der Waals surface area contributed by atoms with E-state index in [4.69, 9.17) is 10.00 Å². The van der Waals surface area contributed by atoms with Crippen molar-refractivity contribution in [2.45, 2.75) is 6.54 Å². The number of aromatic nitrogens is 1. The van der Waals surface area contributed by atoms with E-state index >= 15 is 0 Å². The van der Waals surface area contributed by atoms with Crippen molar-refractivity contribution in [1.82, 2.24) is 4.98 Å². The summed E-state index contributed by atoms with van der Waals surface area (Å²) in [7, 11) is 1.34. The van der Waals surface area contributed by atoms with Crippen LogP contribution in [-0.4, -0.2) is 24.7 Å². The fourth-order valence-corrected chi connectivity index (χ4v) is 1.75. The Bertz CT molecular complexity index is 641. The monoisotopic (exact) mass is 285 g/mol. The lowest BCUT2D eigenvalue weighted by molar-refractivity contribution is 0.0594. The van der Waals surface area contributed by atoms with Crippen LogP contribution in [0.3, 0.4) is 0 Å². The van der Waals surface area contributed by atoms with Gasteiger partial charge in [0.1, 0.15) is 17.5 Å². The van der Waals surface area contributed by atoms with Crippen LogP contribution in [0.25, 0.3) is 0 Å². The highest BCUT2D eigenvalue weighted by Gasteiger charge is 2.07. The molecule has 2 N–H and O–H groups in total. The number of benzene rings is 1. The second kappa shape index (κ2) is 7.01. The van der Waals surface area contributed by atoms with Crippen LogP contribution in [0.2, 0.25) is 0 Å². The van der Waals surface area contributed by atoms with Crippen molar-refractivity contribution in [3.05, 3.63) is 47.8 Å². The number of anilines is 1. The molecule has 1 heterocycles. The normalized spacial score (nSPS) is 9.71. The van der Waals surface area contributed by atoms with Crippen LogP contribution in [-0.2, 0) is 11.3 Å². The highest BCUT2D eigenvalue weighted by Crippen LogP contribution is 2.16. The molecule has 2 aromatic rings. The van der Waals surface area contributed by atoms with E-state index in [2.05, 4.69) is 15.0 Å². The van der Waals surface area contributed by atoms with Gasteiger partial charge in [0.05, 0.1) is 13.7 Å². The molecule has 1 aromatic carbocycles. The molecule has 6 heteroatoms. The van der Waals surface area contributed by atoms with Crippen LogP contribution < -0.4 is 10.1 Å². The van der Waals surface area contributed by atoms with Crippen molar-refractivity contribution >= 4 is 11.7 Å². The molecule has 21 heavy (non-hydrogen) atoms. The van der Waals surface area contributed by atoms with Crippen LogP contribution in [0.5, 0.6) is 5.75 Å². The Morgan fingerprint density at radius 3 is 2.71 bits per heavy atom. The molecule has 0 aliphatic heterocycles. The van der Waals surface area contributed by atoms with E-state index in [1.807, 2.05) is 24.3 Å². The summed E-state index contributed by atoms with van der Waals surface area (Å²) in [5.74, 6) is 0.259. The highest BCUT2D eigenvalue weighted by atomic mass is 16.5. The van der Waals surface area contributed by atoms with Crippen LogP contribution >= 0.6 is 0 Å². The van der Waals surface area contributed by atoms with Gasteiger partial charge < -0.3 is 19.8 Å². The van der Waals surface area contributed by atoms with E-state index in [0.29, 0.717) is 18.0 Å². The van der Waals surface area contributed by atoms with E-state index in [0.717, 1.165) is 11.4 Å². The van der Waals surface area contributed by atoms with Crippen molar-refractivity contribution < 1.29 is 14.3 Å². The summed E-state index contributed by atoms with van der Waals surface area (Å²) < 4.78 is 9.80. The number of H-pyrrole nitrogens is 1. The summed E-state index contributed by atoms with van der Waals surface area (Å²) in [6, 6.07) is 12.7. The second-order valence-corrected chi connectivity index (χ2v) is 4.21. The van der Waals surface area contributed by atoms with Crippen LogP contribution in [0, 0.1) is 11.3 Å². The van der Waals surface area contributed by atoms with Gasteiger partial charge in [0.25, 0.3) is 0 Å². The summed E-state index contributed by atoms with van der Waals surface area (Å²) in [6.07, 6.45) is 0. The molecule has 108 valence electrons. The molecule has 0 bridgehead atoms. The average Bonchev–Trinajstić information content (AvgIpc) is 3.00. The third kappa shape index (κ3) is 4.01. The molecular formula is C15H15N3O3. The number of nitriles is 1. The van der Waals surface area contributed by atoms with E-state index < -0.39 is 0 Å². The van der Waals surface area contributed by atoms with Gasteiger partial charge in [-0.05, 0) is 36.4 Å². The number of rotatable bonds is 6. The molecule has 0 spiro atoms. The van der Waals surface area contributed by atoms with Crippen LogP contribution in [0.4, 0.5) is 5.69 Å². The SMILES string of the molecule is COC(=O)c1ccc(CNc2ccc(OCC#N)cc2)[nH]1. The molecule has 0 unspecified atom stereocenters. The van der Waals surface area contributed by atoms with Crippen LogP contribution in [0.1, 0.15) is 16.2 Å². The Kier molecular flexibility index (Phi) is 4.83. The number of hydrogen-bond acceptors (Lipinski definition) is 5. The van der Waals surface area contributed by atoms with Gasteiger partial charge in [-0.2, -0.15) is 5.26 Å². The van der Waals surface area contributed by atoms with E-state index in [1.54, 1.807) is 18.2 Å². The van der Waals surface area contributed by atoms with Gasteiger partial charge in [-0.15, -0.1) is 0 Å². The van der Waals surface area contributed by atoms with Gasteiger partial charge in [-0.25, -0.2) is 4.79 Å². The fourth-order valence-electron chi connectivity index (χ4n) is 1.75. The fraction of sp³-hybridized carbons (Fsp3) is 0.200. The molecule has 1 aromatic heterocycles. The number of ether oxygens (including phenoxy) is 2. The predicted octanol–water partition coefficient (Wildman–Crippen LogP) is 2.32. The maximum Gasteiger partial charge on any atom is 0.354 e. The van der Waals surface area contributed by atoms with Crippen molar-refractivity contribution in [1.29, 1.82) is 5.26 Å². The predicted molar refractivity (Wildman–Crippen MR) is 77.0 cm³/mol. The highest BCUT2D eigenvalue weighted by molar-refractivity contribution is 5.87. The zero-order chi connectivity index (χ0) is 15.1. The van der Waals surface area contributed by atoms with Gasteiger partial charge in [-0.1, -0.05) is 0 Å². The van der Waals surface area contributed by atoms with Crippen LogP contribution in [0.15, 0.2) is 36.4 Å². The van der Waals surface area contributed by atoms with Gasteiger partial charge in [0.2, 0.25) is 0 Å². The molecule has 6 nitrogen and oxygen atoms in total. The van der Waals surface area contributed by atoms with Crippen molar-refractivity contribution in [3.8, 4) is 11.8 Å². The van der Waals surface area contributed by atoms with E-state index in [9.17, 15) is 4.79 Å². The standard InChI is InChI=1S/C15H15N3O3/c1-20-15(19)14-7-4-12(18-14)10-17-11-2-5-13(6-3-11)21-9-8-16/h2-7,17-18H,9-10H2,1H3. The Morgan fingerprint density at radius 1 is 1.29 bits per heavy atom. The first kappa shape index (κ1) is 14.5. The number of esters is 1. The Morgan fingerprint density at radius 2 is 2.05 bits per heavy atom. The number of methoxy groups -OCH3 is 1. The third-order valence-electron chi connectivity index (χ3n) is 2.79. The summed E-state index contributed by atoms with van der Waals surface area (Å²) in [5, 5.41) is 11.6. The first-order valence-corrected chi connectivity index (χ1v) is 6.33. The smallest absolute Gasteiger partial charge is 0.354 e. The quantitative estimate of drug-likeness (QED) is 0.795. The van der Waals surface area contributed by atoms with Gasteiger partial charge in [0.15, 0.2) is 6.61 Å². The molecule has 0 aliphatic carbocycles. The Balaban J connectivity index is 1.89. The first-order valence-electron chi connectivity index (χ1n) is 6.33. The molecular weight excluding hydrogens is 270 g/mol. The average molecular weight is 285 g/mol. The summed E-state index contributed by atoms with van der Waals surface area (Å²) in [5.41, 5.74) is 2.21. The largest absolute Gasteiger partial charge is 0.479 e. The van der Waals surface area contributed by atoms with Crippen molar-refractivity contribution in [2.75, 3.05) is 19.0 Å². The van der Waals surface area contributed by atoms with Gasteiger partial charge >= 0.3 is 5.97 Å². The number of aromatic amines is 1. The van der Waals surface area contributed by atoms with Crippen molar-refractivity contribution in [2.24, 2.45) is 0 Å². The second-order valence-electron chi connectivity index (χ2n) is 4.21. The molecule has 2 rings (SSSR count). The number of nitrogens with zero attached hydrogens (tertiary/aromatic N) is 1. The number of hydrogen-bond donors (Lipinski definition) is 2. The molecule has 0 aliphatic rings. The number of carbonyl (C=O) groups is 1. The number of nitrogens with one attached hydrogen (secondary N) is 2. The zero-order valence-corrected chi connectivity index (χ0v) is 11.6. The summed E-state index contributed by atoms with van der Waals surface area (Å²) >= 11 is 0. The third-order valence-corrected chi connectivity index (χ3v) is 2.79.